The lowest BCUT2D eigenvalue weighted by atomic mass is 9.43. The van der Waals surface area contributed by atoms with Crippen molar-refractivity contribution in [2.75, 3.05) is 48.6 Å². The Morgan fingerprint density at radius 2 is 1.70 bits per heavy atom. The third-order valence-electron chi connectivity index (χ3n) is 11.3. The van der Waals surface area contributed by atoms with Crippen molar-refractivity contribution in [1.82, 2.24) is 4.90 Å². The van der Waals surface area contributed by atoms with Crippen LogP contribution in [0.15, 0.2) is 0 Å². The van der Waals surface area contributed by atoms with E-state index >= 15 is 0 Å². The van der Waals surface area contributed by atoms with Gasteiger partial charge in [-0.25, -0.2) is 0 Å². The van der Waals surface area contributed by atoms with Gasteiger partial charge in [-0.2, -0.15) is 0 Å². The van der Waals surface area contributed by atoms with Crippen molar-refractivity contribution in [3.63, 3.8) is 0 Å². The maximum atomic E-state index is 12.5. The zero-order valence-electron chi connectivity index (χ0n) is 20.2. The molecule has 1 saturated heterocycles. The molecule has 6 aliphatic rings. The third kappa shape index (κ3) is 2.15. The fraction of sp³-hybridized carbons (Fsp3) is 1.00. The highest BCUT2D eigenvalue weighted by Crippen LogP contribution is 2.79. The second-order valence-corrected chi connectivity index (χ2v) is 11.9. The number of methoxy groups -OCH3 is 4. The number of piperidine rings is 1. The van der Waals surface area contributed by atoms with Gasteiger partial charge < -0.3 is 44.3 Å². The van der Waals surface area contributed by atoms with Crippen LogP contribution < -0.4 is 0 Å². The molecule has 1 heterocycles. The molecule has 9 nitrogen and oxygen atoms in total. The van der Waals surface area contributed by atoms with E-state index in [4.69, 9.17) is 18.9 Å². The highest BCUT2D eigenvalue weighted by Gasteiger charge is 2.89. The van der Waals surface area contributed by atoms with Gasteiger partial charge in [-0.15, -0.1) is 0 Å². The molecule has 188 valence electrons. The lowest BCUT2D eigenvalue weighted by molar-refractivity contribution is -0.314. The molecule has 0 aromatic rings. The molecule has 1 spiro atoms. The number of aliphatic hydroxyl groups excluding tert-OH is 2. The molecule has 14 atom stereocenters. The van der Waals surface area contributed by atoms with Gasteiger partial charge in [0.15, 0.2) is 0 Å². The molecule has 5 aliphatic carbocycles. The Morgan fingerprint density at radius 1 is 0.970 bits per heavy atom. The lowest BCUT2D eigenvalue weighted by Gasteiger charge is -2.69. The van der Waals surface area contributed by atoms with Crippen LogP contribution in [0.25, 0.3) is 0 Å². The van der Waals surface area contributed by atoms with Gasteiger partial charge in [0.25, 0.3) is 0 Å². The molecule has 33 heavy (non-hydrogen) atoms. The topological polar surface area (TPSA) is 121 Å². The van der Waals surface area contributed by atoms with E-state index in [0.29, 0.717) is 6.61 Å². The van der Waals surface area contributed by atoms with Crippen LogP contribution in [0.3, 0.4) is 0 Å². The summed E-state index contributed by atoms with van der Waals surface area (Å²) in [6.07, 6.45) is -2.14. The smallest absolute Gasteiger partial charge is 0.120 e. The summed E-state index contributed by atoms with van der Waals surface area (Å²) in [6.45, 7) is 1.36. The first-order valence-corrected chi connectivity index (χ1v) is 12.2. The number of nitrogens with zero attached hydrogens (tertiary/aromatic N) is 1. The first-order valence-electron chi connectivity index (χ1n) is 12.2. The molecule has 0 amide bonds. The van der Waals surface area contributed by atoms with Gasteiger partial charge in [0.1, 0.15) is 23.4 Å². The van der Waals surface area contributed by atoms with E-state index in [1.165, 1.54) is 7.11 Å². The number of hydrogen-bond donors (Lipinski definition) is 4. The Kier molecular flexibility index (Phi) is 4.82. The average molecular weight is 470 g/mol. The zero-order chi connectivity index (χ0) is 23.7. The van der Waals surface area contributed by atoms with Crippen LogP contribution >= 0.6 is 0 Å². The Labute approximate surface area is 194 Å². The van der Waals surface area contributed by atoms with Crippen molar-refractivity contribution in [1.29, 1.82) is 0 Å². The van der Waals surface area contributed by atoms with Crippen LogP contribution in [0, 0.1) is 34.5 Å². The minimum Gasteiger partial charge on any atom is -0.390 e. The van der Waals surface area contributed by atoms with Crippen LogP contribution in [0.1, 0.15) is 19.3 Å². The van der Waals surface area contributed by atoms with E-state index in [0.717, 1.165) is 19.4 Å². The highest BCUT2D eigenvalue weighted by atomic mass is 16.5. The maximum Gasteiger partial charge on any atom is 0.120 e. The van der Waals surface area contributed by atoms with Gasteiger partial charge in [0.05, 0.1) is 24.9 Å². The van der Waals surface area contributed by atoms with Gasteiger partial charge in [-0.1, -0.05) is 0 Å². The number of fused-ring (bicyclic) bond motifs is 2. The summed E-state index contributed by atoms with van der Waals surface area (Å²) in [5, 5.41) is 47.3. The molecule has 6 rings (SSSR count). The number of rotatable bonds is 5. The first kappa shape index (κ1) is 23.1. The summed E-state index contributed by atoms with van der Waals surface area (Å²) < 4.78 is 23.9. The highest BCUT2D eigenvalue weighted by molar-refractivity contribution is 5.39. The van der Waals surface area contributed by atoms with E-state index in [1.54, 1.807) is 21.3 Å². The Bertz CT molecular complexity index is 830. The molecule has 0 aromatic heterocycles. The van der Waals surface area contributed by atoms with E-state index in [9.17, 15) is 20.4 Å². The maximum absolute atomic E-state index is 12.5. The number of hydrogen-bond acceptors (Lipinski definition) is 9. The van der Waals surface area contributed by atoms with Crippen LogP contribution in [0.5, 0.6) is 0 Å². The summed E-state index contributed by atoms with van der Waals surface area (Å²) in [4.78, 5) is 2.31. The van der Waals surface area contributed by atoms with Gasteiger partial charge in [-0.05, 0) is 32.2 Å². The van der Waals surface area contributed by atoms with Crippen molar-refractivity contribution < 1.29 is 39.4 Å². The van der Waals surface area contributed by atoms with E-state index < -0.39 is 46.8 Å². The molecule has 6 fully saturated rings. The average Bonchev–Trinajstić information content (AvgIpc) is 3.16. The van der Waals surface area contributed by atoms with Crippen molar-refractivity contribution in [2.45, 2.75) is 67.0 Å². The predicted octanol–water partition coefficient (Wildman–Crippen LogP) is -1.15. The fourth-order valence-electron chi connectivity index (χ4n) is 10.9. The standard InChI is InChI=1S/C24H39NO8/c1-25-9-21(10-30-2)7-6-12(31-3)23-11-8-22(28)18(26)13(11)24(29,19(27)20(22)33-5)14(17(23)25)15(32-4)16(21)23/h11-20,26-29H,6-10H2,1-5H3/t11-,12+,13?,14-,15+,16-,17+,18-,19+,20+,21+,22-,23?,24-/m1/s1. The van der Waals surface area contributed by atoms with Gasteiger partial charge in [-0.3, -0.25) is 0 Å². The van der Waals surface area contributed by atoms with Gasteiger partial charge in [0.2, 0.25) is 0 Å². The molecule has 9 heteroatoms. The molecule has 7 bridgehead atoms. The molecule has 1 aliphatic heterocycles. The SMILES string of the molecule is COC[C@@]12CC[C@H](OC)C34[C@@H]5C[C@@]6(O)[C@H](O)C5[C@@](O)([C@H]([C@H](OC)[C@@H]31)[C@@H]4N(C)C2)[C@@H](O)[C@@H]6OC. The van der Waals surface area contributed by atoms with Crippen LogP contribution in [-0.4, -0.2) is 122 Å². The molecule has 2 unspecified atom stereocenters. The number of aliphatic hydroxyl groups is 4. The van der Waals surface area contributed by atoms with Crippen LogP contribution in [0.4, 0.5) is 0 Å². The van der Waals surface area contributed by atoms with E-state index in [1.807, 2.05) is 0 Å². The molecule has 4 N–H and O–H groups in total. The van der Waals surface area contributed by atoms with Crippen molar-refractivity contribution in [3.8, 4) is 0 Å². The van der Waals surface area contributed by atoms with E-state index in [-0.39, 0.29) is 41.9 Å². The molecule has 5 saturated carbocycles. The van der Waals surface area contributed by atoms with Gasteiger partial charge >= 0.3 is 0 Å². The van der Waals surface area contributed by atoms with Gasteiger partial charge in [0, 0.05) is 69.6 Å². The summed E-state index contributed by atoms with van der Waals surface area (Å²) in [5.74, 6) is -1.44. The Balaban J connectivity index is 1.66. The summed E-state index contributed by atoms with van der Waals surface area (Å²) in [7, 11) is 8.66. The lowest BCUT2D eigenvalue weighted by Crippen LogP contribution is -2.79. The summed E-state index contributed by atoms with van der Waals surface area (Å²) >= 11 is 0. The minimum atomic E-state index is -1.67. The monoisotopic (exact) mass is 469 g/mol. The van der Waals surface area contributed by atoms with Crippen molar-refractivity contribution >= 4 is 0 Å². The summed E-state index contributed by atoms with van der Waals surface area (Å²) in [6, 6.07) is -0.131. The molecular formula is C24H39NO8. The Morgan fingerprint density at radius 3 is 2.30 bits per heavy atom. The second-order valence-electron chi connectivity index (χ2n) is 11.9. The predicted molar refractivity (Wildman–Crippen MR) is 115 cm³/mol. The molecule has 0 radical (unpaired) electrons. The van der Waals surface area contributed by atoms with Crippen LogP contribution in [0.2, 0.25) is 0 Å². The normalized spacial score (nSPS) is 63.2. The van der Waals surface area contributed by atoms with Crippen molar-refractivity contribution in [3.05, 3.63) is 0 Å². The second kappa shape index (κ2) is 6.89. The van der Waals surface area contributed by atoms with E-state index in [2.05, 4.69) is 11.9 Å². The minimum absolute atomic E-state index is 0.00206. The fourth-order valence-corrected chi connectivity index (χ4v) is 10.9. The zero-order valence-corrected chi connectivity index (χ0v) is 20.2. The van der Waals surface area contributed by atoms with Crippen LogP contribution in [-0.2, 0) is 18.9 Å². The molecule has 0 aromatic carbocycles. The number of ether oxygens (including phenoxy) is 4. The van der Waals surface area contributed by atoms with Crippen molar-refractivity contribution in [2.24, 2.45) is 34.5 Å². The third-order valence-corrected chi connectivity index (χ3v) is 11.3. The number of likely N-dealkylation sites (tertiary alicyclic amines) is 1. The summed E-state index contributed by atoms with van der Waals surface area (Å²) in [5.41, 5.74) is -3.98. The largest absolute Gasteiger partial charge is 0.390 e. The Hall–Kier alpha value is -0.360. The molecular weight excluding hydrogens is 430 g/mol. The quantitative estimate of drug-likeness (QED) is 0.396. The first-order chi connectivity index (χ1) is 15.6.